The van der Waals surface area contributed by atoms with Crippen LogP contribution in [0.25, 0.3) is 0 Å². The van der Waals surface area contributed by atoms with Gasteiger partial charge in [0.2, 0.25) is 0 Å². The van der Waals surface area contributed by atoms with Gasteiger partial charge in [0.05, 0.1) is 12.2 Å². The maximum atomic E-state index is 5.74. The summed E-state index contributed by atoms with van der Waals surface area (Å²) in [6.45, 7) is 13.4. The Hall–Kier alpha value is -0.120. The zero-order valence-corrected chi connectivity index (χ0v) is 11.3. The van der Waals surface area contributed by atoms with Gasteiger partial charge >= 0.3 is 0 Å². The number of nitrogens with zero attached hydrogens (tertiary/aromatic N) is 1. The SMILES string of the molecule is CCN(CC)CCNC1CC(C)OC(C)C1. The van der Waals surface area contributed by atoms with Crippen LogP contribution in [-0.2, 0) is 4.74 Å². The molecular weight excluding hydrogens is 200 g/mol. The number of nitrogens with one attached hydrogen (secondary N) is 1. The van der Waals surface area contributed by atoms with E-state index in [0.29, 0.717) is 18.2 Å². The third-order valence-corrected chi connectivity index (χ3v) is 3.45. The van der Waals surface area contributed by atoms with E-state index in [9.17, 15) is 0 Å². The fourth-order valence-electron chi connectivity index (χ4n) is 2.54. The predicted molar refractivity (Wildman–Crippen MR) is 68.8 cm³/mol. The summed E-state index contributed by atoms with van der Waals surface area (Å²) in [5.74, 6) is 0. The largest absolute Gasteiger partial charge is 0.375 e. The highest BCUT2D eigenvalue weighted by molar-refractivity contribution is 4.78. The Morgan fingerprint density at radius 2 is 1.69 bits per heavy atom. The molecule has 3 nitrogen and oxygen atoms in total. The average molecular weight is 228 g/mol. The minimum absolute atomic E-state index is 0.412. The fourth-order valence-corrected chi connectivity index (χ4v) is 2.54. The summed E-state index contributed by atoms with van der Waals surface area (Å²) >= 11 is 0. The van der Waals surface area contributed by atoms with E-state index in [-0.39, 0.29) is 0 Å². The van der Waals surface area contributed by atoms with Crippen molar-refractivity contribution in [3.8, 4) is 0 Å². The molecule has 0 radical (unpaired) electrons. The lowest BCUT2D eigenvalue weighted by Gasteiger charge is -2.33. The summed E-state index contributed by atoms with van der Waals surface area (Å²) in [5, 5.41) is 3.66. The summed E-state index contributed by atoms with van der Waals surface area (Å²) in [6.07, 6.45) is 3.13. The monoisotopic (exact) mass is 228 g/mol. The summed E-state index contributed by atoms with van der Waals surface area (Å²) in [4.78, 5) is 2.46. The van der Waals surface area contributed by atoms with Crippen LogP contribution < -0.4 is 5.32 Å². The molecule has 1 heterocycles. The van der Waals surface area contributed by atoms with E-state index in [4.69, 9.17) is 4.74 Å². The molecule has 16 heavy (non-hydrogen) atoms. The van der Waals surface area contributed by atoms with Gasteiger partial charge in [-0.05, 0) is 39.8 Å². The fraction of sp³-hybridized carbons (Fsp3) is 1.00. The van der Waals surface area contributed by atoms with Gasteiger partial charge < -0.3 is 15.0 Å². The highest BCUT2D eigenvalue weighted by Gasteiger charge is 2.23. The van der Waals surface area contributed by atoms with E-state index in [0.717, 1.165) is 39.0 Å². The summed E-state index contributed by atoms with van der Waals surface area (Å²) in [5.41, 5.74) is 0. The smallest absolute Gasteiger partial charge is 0.0565 e. The first kappa shape index (κ1) is 13.9. The first-order chi connectivity index (χ1) is 7.65. The van der Waals surface area contributed by atoms with Crippen LogP contribution in [0.5, 0.6) is 0 Å². The van der Waals surface area contributed by atoms with Gasteiger partial charge in [-0.15, -0.1) is 0 Å². The van der Waals surface area contributed by atoms with Crippen LogP contribution in [0.1, 0.15) is 40.5 Å². The zero-order chi connectivity index (χ0) is 12.0. The van der Waals surface area contributed by atoms with Crippen molar-refractivity contribution in [3.63, 3.8) is 0 Å². The Bertz CT molecular complexity index is 173. The van der Waals surface area contributed by atoms with Gasteiger partial charge in [0.1, 0.15) is 0 Å². The highest BCUT2D eigenvalue weighted by atomic mass is 16.5. The molecule has 0 aliphatic carbocycles. The molecule has 1 fully saturated rings. The second kappa shape index (κ2) is 7.25. The molecule has 0 saturated carbocycles. The van der Waals surface area contributed by atoms with Crippen molar-refractivity contribution in [2.45, 2.75) is 58.8 Å². The van der Waals surface area contributed by atoms with E-state index >= 15 is 0 Å². The third kappa shape index (κ3) is 4.81. The summed E-state index contributed by atoms with van der Waals surface area (Å²) in [7, 11) is 0. The van der Waals surface area contributed by atoms with Crippen molar-refractivity contribution in [2.75, 3.05) is 26.2 Å². The summed E-state index contributed by atoms with van der Waals surface area (Å²) in [6, 6.07) is 0.648. The second-order valence-corrected chi connectivity index (χ2v) is 4.91. The third-order valence-electron chi connectivity index (χ3n) is 3.45. The molecule has 0 spiro atoms. The molecule has 0 bridgehead atoms. The standard InChI is InChI=1S/C13H28N2O/c1-5-15(6-2)8-7-14-13-9-11(3)16-12(4)10-13/h11-14H,5-10H2,1-4H3. The normalized spacial score (nSPS) is 30.9. The lowest BCUT2D eigenvalue weighted by atomic mass is 10.00. The predicted octanol–water partition coefficient (Wildman–Crippen LogP) is 1.87. The molecule has 2 unspecified atom stereocenters. The summed E-state index contributed by atoms with van der Waals surface area (Å²) < 4.78 is 5.74. The molecule has 0 aromatic rings. The maximum absolute atomic E-state index is 5.74. The zero-order valence-electron chi connectivity index (χ0n) is 11.3. The minimum atomic E-state index is 0.412. The van der Waals surface area contributed by atoms with Crippen LogP contribution in [0, 0.1) is 0 Å². The van der Waals surface area contributed by atoms with Gasteiger partial charge in [0.15, 0.2) is 0 Å². The lowest BCUT2D eigenvalue weighted by molar-refractivity contribution is -0.0421. The second-order valence-electron chi connectivity index (χ2n) is 4.91. The van der Waals surface area contributed by atoms with E-state index in [1.807, 2.05) is 0 Å². The van der Waals surface area contributed by atoms with Gasteiger partial charge in [-0.2, -0.15) is 0 Å². The van der Waals surface area contributed by atoms with Crippen LogP contribution in [0.2, 0.25) is 0 Å². The molecule has 1 aliphatic rings. The Morgan fingerprint density at radius 3 is 2.19 bits per heavy atom. The number of ether oxygens (including phenoxy) is 1. The molecule has 1 rings (SSSR count). The van der Waals surface area contributed by atoms with Crippen molar-refractivity contribution >= 4 is 0 Å². The van der Waals surface area contributed by atoms with Crippen molar-refractivity contribution in [3.05, 3.63) is 0 Å². The van der Waals surface area contributed by atoms with Crippen LogP contribution in [-0.4, -0.2) is 49.3 Å². The van der Waals surface area contributed by atoms with Gasteiger partial charge in [-0.3, -0.25) is 0 Å². The molecule has 1 N–H and O–H groups in total. The number of hydrogen-bond donors (Lipinski definition) is 1. The van der Waals surface area contributed by atoms with Crippen LogP contribution >= 0.6 is 0 Å². The molecule has 0 amide bonds. The van der Waals surface area contributed by atoms with Crippen LogP contribution in [0.4, 0.5) is 0 Å². The molecule has 3 heteroatoms. The van der Waals surface area contributed by atoms with E-state index < -0.39 is 0 Å². The topological polar surface area (TPSA) is 24.5 Å². The molecular formula is C13H28N2O. The molecule has 1 saturated heterocycles. The quantitative estimate of drug-likeness (QED) is 0.751. The molecule has 2 atom stereocenters. The Labute approximate surface area is 101 Å². The van der Waals surface area contributed by atoms with Crippen molar-refractivity contribution < 1.29 is 4.74 Å². The highest BCUT2D eigenvalue weighted by Crippen LogP contribution is 2.18. The van der Waals surface area contributed by atoms with Gasteiger partial charge in [-0.1, -0.05) is 13.8 Å². The van der Waals surface area contributed by atoms with Crippen molar-refractivity contribution in [1.29, 1.82) is 0 Å². The first-order valence-electron chi connectivity index (χ1n) is 6.76. The van der Waals surface area contributed by atoms with E-state index in [2.05, 4.69) is 37.9 Å². The average Bonchev–Trinajstić information content (AvgIpc) is 2.23. The maximum Gasteiger partial charge on any atom is 0.0565 e. The lowest BCUT2D eigenvalue weighted by Crippen LogP contribution is -2.44. The van der Waals surface area contributed by atoms with E-state index in [1.165, 1.54) is 0 Å². The number of rotatable bonds is 6. The van der Waals surface area contributed by atoms with Gasteiger partial charge in [-0.25, -0.2) is 0 Å². The van der Waals surface area contributed by atoms with Crippen molar-refractivity contribution in [2.24, 2.45) is 0 Å². The molecule has 0 aromatic heterocycles. The Balaban J connectivity index is 2.16. The minimum Gasteiger partial charge on any atom is -0.375 e. The van der Waals surface area contributed by atoms with Gasteiger partial charge in [0.25, 0.3) is 0 Å². The molecule has 96 valence electrons. The molecule has 1 aliphatic heterocycles. The Kier molecular flexibility index (Phi) is 6.32. The molecule has 0 aromatic carbocycles. The Morgan fingerprint density at radius 1 is 1.12 bits per heavy atom. The van der Waals surface area contributed by atoms with Crippen LogP contribution in [0.3, 0.4) is 0 Å². The first-order valence-corrected chi connectivity index (χ1v) is 6.76. The van der Waals surface area contributed by atoms with E-state index in [1.54, 1.807) is 0 Å². The van der Waals surface area contributed by atoms with Crippen molar-refractivity contribution in [1.82, 2.24) is 10.2 Å². The number of likely N-dealkylation sites (N-methyl/N-ethyl adjacent to an activating group) is 1. The van der Waals surface area contributed by atoms with Crippen LogP contribution in [0.15, 0.2) is 0 Å². The van der Waals surface area contributed by atoms with Gasteiger partial charge in [0, 0.05) is 19.1 Å². The number of hydrogen-bond acceptors (Lipinski definition) is 3.